The van der Waals surface area contributed by atoms with E-state index in [0.717, 1.165) is 0 Å². The fourth-order valence-electron chi connectivity index (χ4n) is 4.70. The molecule has 12 nitrogen and oxygen atoms in total. The molecule has 39 heavy (non-hydrogen) atoms. The maximum atomic E-state index is 13.6. The second kappa shape index (κ2) is 14.9. The van der Waals surface area contributed by atoms with Crippen LogP contribution in [0.25, 0.3) is 0 Å². The van der Waals surface area contributed by atoms with E-state index < -0.39 is 24.0 Å². The lowest BCUT2D eigenvalue weighted by Crippen LogP contribution is -2.57. The van der Waals surface area contributed by atoms with Gasteiger partial charge in [-0.25, -0.2) is 0 Å². The first-order valence-corrected chi connectivity index (χ1v) is 14.0. The number of carbonyl (C=O) groups excluding carboxylic acids is 4. The molecule has 1 saturated heterocycles. The summed E-state index contributed by atoms with van der Waals surface area (Å²) in [4.78, 5) is 55.7. The highest BCUT2D eigenvalue weighted by molar-refractivity contribution is 7.80. The van der Waals surface area contributed by atoms with Crippen molar-refractivity contribution in [2.75, 3.05) is 45.8 Å². The molecule has 0 aliphatic carbocycles. The number of ether oxygens (including phenoxy) is 2. The van der Waals surface area contributed by atoms with Gasteiger partial charge in [0.05, 0.1) is 0 Å². The Hall–Kier alpha value is -3.03. The molecule has 0 unspecified atom stereocenters. The maximum Gasteiger partial charge on any atom is 0.254 e. The zero-order valence-corrected chi connectivity index (χ0v) is 23.3. The Labute approximate surface area is 234 Å². The first kappa shape index (κ1) is 30.5. The molecular weight excluding hydrogens is 524 g/mol. The van der Waals surface area contributed by atoms with Crippen molar-refractivity contribution in [2.24, 2.45) is 11.5 Å². The second-order valence-electron chi connectivity index (χ2n) is 9.65. The number of nitrogens with zero attached hydrogens (tertiary/aromatic N) is 2. The van der Waals surface area contributed by atoms with Crippen LogP contribution in [0.5, 0.6) is 11.5 Å². The van der Waals surface area contributed by atoms with Gasteiger partial charge in [-0.2, -0.15) is 12.6 Å². The third-order valence-electron chi connectivity index (χ3n) is 6.97. The minimum Gasteiger partial charge on any atom is -0.454 e. The molecule has 3 atom stereocenters. The van der Waals surface area contributed by atoms with Gasteiger partial charge in [0, 0.05) is 31.5 Å². The lowest BCUT2D eigenvalue weighted by Gasteiger charge is -2.32. The number of nitrogens with two attached hydrogens (primary N) is 2. The van der Waals surface area contributed by atoms with Crippen LogP contribution in [0, 0.1) is 0 Å². The molecule has 1 aromatic carbocycles. The fraction of sp³-hybridized carbons (Fsp3) is 0.615. The third-order valence-corrected chi connectivity index (χ3v) is 7.31. The number of benzene rings is 1. The molecule has 2 heterocycles. The van der Waals surface area contributed by atoms with Crippen LogP contribution in [0.15, 0.2) is 18.2 Å². The molecule has 0 spiro atoms. The fourth-order valence-corrected chi connectivity index (χ4v) is 5.11. The summed E-state index contributed by atoms with van der Waals surface area (Å²) >= 11 is 4.33. The predicted molar refractivity (Wildman–Crippen MR) is 149 cm³/mol. The van der Waals surface area contributed by atoms with Gasteiger partial charge < -0.3 is 41.4 Å². The lowest BCUT2D eigenvalue weighted by molar-refractivity contribution is -0.141. The van der Waals surface area contributed by atoms with E-state index in [0.29, 0.717) is 81.8 Å². The zero-order valence-electron chi connectivity index (χ0n) is 22.4. The molecule has 0 radical (unpaired) electrons. The average molecular weight is 565 g/mol. The van der Waals surface area contributed by atoms with Crippen molar-refractivity contribution in [1.29, 1.82) is 0 Å². The highest BCUT2D eigenvalue weighted by Gasteiger charge is 2.39. The monoisotopic (exact) mass is 564 g/mol. The number of hydrogen-bond donors (Lipinski definition) is 5. The van der Waals surface area contributed by atoms with E-state index in [1.54, 1.807) is 18.2 Å². The zero-order chi connectivity index (χ0) is 28.4. The van der Waals surface area contributed by atoms with Gasteiger partial charge in [-0.1, -0.05) is 0 Å². The largest absolute Gasteiger partial charge is 0.454 e. The molecule has 0 bridgehead atoms. The summed E-state index contributed by atoms with van der Waals surface area (Å²) < 4.78 is 10.7. The van der Waals surface area contributed by atoms with Crippen LogP contribution in [0.1, 0.15) is 48.9 Å². The van der Waals surface area contributed by atoms with Gasteiger partial charge >= 0.3 is 0 Å². The van der Waals surface area contributed by atoms with Crippen molar-refractivity contribution in [2.45, 2.75) is 56.7 Å². The Kier molecular flexibility index (Phi) is 11.7. The van der Waals surface area contributed by atoms with Gasteiger partial charge in [0.25, 0.3) is 5.91 Å². The van der Waals surface area contributed by atoms with E-state index in [1.807, 2.05) is 0 Å². The van der Waals surface area contributed by atoms with Crippen molar-refractivity contribution >= 4 is 36.3 Å². The van der Waals surface area contributed by atoms with Crippen LogP contribution in [-0.2, 0) is 14.4 Å². The number of thiol groups is 1. The number of rotatable bonds is 14. The van der Waals surface area contributed by atoms with Crippen molar-refractivity contribution in [3.05, 3.63) is 23.8 Å². The number of fused-ring (bicyclic) bond motifs is 1. The number of amides is 4. The number of likely N-dealkylation sites (N-methyl/N-ethyl adjacent to an activating group) is 1. The topological polar surface area (TPSA) is 169 Å². The molecule has 2 aliphatic heterocycles. The summed E-state index contributed by atoms with van der Waals surface area (Å²) in [6.07, 6.45) is 3.54. The summed E-state index contributed by atoms with van der Waals surface area (Å²) in [5, 5.41) is 5.59. The van der Waals surface area contributed by atoms with Crippen molar-refractivity contribution in [3.8, 4) is 11.5 Å². The Morgan fingerprint density at radius 2 is 1.85 bits per heavy atom. The maximum absolute atomic E-state index is 13.6. The number of nitrogens with one attached hydrogen (secondary N) is 2. The van der Waals surface area contributed by atoms with Crippen LogP contribution < -0.4 is 31.6 Å². The summed E-state index contributed by atoms with van der Waals surface area (Å²) in [7, 11) is 1.52. The van der Waals surface area contributed by atoms with Crippen LogP contribution in [0.4, 0.5) is 0 Å². The summed E-state index contributed by atoms with van der Waals surface area (Å²) in [5.74, 6) is -0.351. The van der Waals surface area contributed by atoms with Crippen LogP contribution in [-0.4, -0.2) is 97.3 Å². The number of hydrogen-bond acceptors (Lipinski definition) is 9. The molecule has 0 aromatic heterocycles. The minimum atomic E-state index is -0.933. The quantitative estimate of drug-likeness (QED) is 0.154. The van der Waals surface area contributed by atoms with Gasteiger partial charge in [0.2, 0.25) is 24.5 Å². The summed E-state index contributed by atoms with van der Waals surface area (Å²) in [5.41, 5.74) is 11.5. The van der Waals surface area contributed by atoms with Gasteiger partial charge in [-0.15, -0.1) is 0 Å². The molecule has 3 rings (SSSR count). The molecule has 2 aliphatic rings. The first-order valence-electron chi connectivity index (χ1n) is 13.4. The Bertz CT molecular complexity index is 1030. The Morgan fingerprint density at radius 1 is 1.10 bits per heavy atom. The van der Waals surface area contributed by atoms with Crippen LogP contribution >= 0.6 is 12.6 Å². The van der Waals surface area contributed by atoms with E-state index in [4.69, 9.17) is 20.9 Å². The third kappa shape index (κ3) is 7.76. The number of carbonyl (C=O) groups is 4. The SMILES string of the molecule is CN(C(=O)[C@@H]1CCCN1C(=O)c1ccc2c(c1)OCO2)[C@@H](CS)C(=O)N[C@@H](CCCCN)C(=O)NCCCN. The minimum absolute atomic E-state index is 0.0429. The summed E-state index contributed by atoms with van der Waals surface area (Å²) in [6.45, 7) is 1.84. The van der Waals surface area contributed by atoms with Gasteiger partial charge in [0.1, 0.15) is 18.1 Å². The molecule has 1 aromatic rings. The van der Waals surface area contributed by atoms with E-state index in [1.165, 1.54) is 16.8 Å². The van der Waals surface area contributed by atoms with Gasteiger partial charge in [-0.05, 0) is 69.8 Å². The van der Waals surface area contributed by atoms with E-state index >= 15 is 0 Å². The first-order chi connectivity index (χ1) is 18.8. The Morgan fingerprint density at radius 3 is 2.56 bits per heavy atom. The van der Waals surface area contributed by atoms with Crippen molar-refractivity contribution in [3.63, 3.8) is 0 Å². The summed E-state index contributed by atoms with van der Waals surface area (Å²) in [6, 6.07) is 2.50. The normalized spacial score (nSPS) is 17.4. The smallest absolute Gasteiger partial charge is 0.254 e. The van der Waals surface area contributed by atoms with E-state index in [2.05, 4.69) is 23.3 Å². The number of likely N-dealkylation sites (tertiary alicyclic amines) is 1. The van der Waals surface area contributed by atoms with Gasteiger partial charge in [-0.3, -0.25) is 19.2 Å². The van der Waals surface area contributed by atoms with Crippen molar-refractivity contribution < 1.29 is 28.7 Å². The highest BCUT2D eigenvalue weighted by Crippen LogP contribution is 2.33. The molecule has 0 saturated carbocycles. The Balaban J connectivity index is 1.67. The standard InChI is InChI=1S/C26H40N6O6S/c1-31(20(15-39)24(34)30-18(6-2-3-10-27)23(33)29-12-5-11-28)26(36)19-7-4-13-32(19)25(35)17-8-9-21-22(14-17)38-16-37-21/h8-9,14,18-20,39H,2-7,10-13,15-16,27-28H2,1H3,(H,29,33)(H,30,34)/t18-,19-,20-/m0/s1. The molecule has 216 valence electrons. The predicted octanol–water partition coefficient (Wildman–Crippen LogP) is -0.144. The second-order valence-corrected chi connectivity index (χ2v) is 10.0. The molecule has 13 heteroatoms. The molecule has 4 amide bonds. The molecule has 1 fully saturated rings. The van der Waals surface area contributed by atoms with Crippen molar-refractivity contribution in [1.82, 2.24) is 20.4 Å². The average Bonchev–Trinajstić information content (AvgIpc) is 3.61. The molecular formula is C26H40N6O6S. The number of unbranched alkanes of at least 4 members (excludes halogenated alkanes) is 1. The van der Waals surface area contributed by atoms with E-state index in [9.17, 15) is 19.2 Å². The van der Waals surface area contributed by atoms with Crippen LogP contribution in [0.3, 0.4) is 0 Å². The molecule has 6 N–H and O–H groups in total. The van der Waals surface area contributed by atoms with E-state index in [-0.39, 0.29) is 30.3 Å². The van der Waals surface area contributed by atoms with Gasteiger partial charge in [0.15, 0.2) is 11.5 Å². The highest BCUT2D eigenvalue weighted by atomic mass is 32.1. The lowest BCUT2D eigenvalue weighted by atomic mass is 10.1. The van der Waals surface area contributed by atoms with Crippen LogP contribution in [0.2, 0.25) is 0 Å².